The largest absolute Gasteiger partial charge is 0.433 e. The molecule has 0 bridgehead atoms. The quantitative estimate of drug-likeness (QED) is 0.290. The number of halogens is 6. The van der Waals surface area contributed by atoms with Gasteiger partial charge in [0.15, 0.2) is 0 Å². The van der Waals surface area contributed by atoms with Crippen molar-refractivity contribution in [3.63, 3.8) is 0 Å². The normalized spacial score (nSPS) is 13.4. The van der Waals surface area contributed by atoms with Gasteiger partial charge < -0.3 is 10.4 Å². The van der Waals surface area contributed by atoms with E-state index in [1.165, 1.54) is 6.07 Å². The molecule has 0 saturated heterocycles. The Morgan fingerprint density at radius 1 is 0.909 bits per heavy atom. The summed E-state index contributed by atoms with van der Waals surface area (Å²) in [6.45, 7) is 5.84. The predicted octanol–water partition coefficient (Wildman–Crippen LogP) is 6.42. The van der Waals surface area contributed by atoms with Crippen molar-refractivity contribution in [1.29, 1.82) is 0 Å². The summed E-state index contributed by atoms with van der Waals surface area (Å²) in [5.41, 5.74) is -2.19. The third kappa shape index (κ3) is 8.51. The Morgan fingerprint density at radius 2 is 1.48 bits per heavy atom. The second kappa shape index (κ2) is 11.7. The lowest BCUT2D eigenvalue weighted by atomic mass is 10.1. The maximum atomic E-state index is 13.4. The van der Waals surface area contributed by atoms with Crippen LogP contribution in [0.1, 0.15) is 50.8 Å². The Morgan fingerprint density at radius 3 is 1.97 bits per heavy atom. The number of aromatic nitrogens is 1. The van der Waals surface area contributed by atoms with Gasteiger partial charge in [0.05, 0.1) is 11.3 Å². The zero-order chi connectivity index (χ0) is 24.6. The standard InChI is InChI=1S/C23H29F6N3O/c1-3-5-11-32(12-6-4-2)15-21(33)30-18-13-19(31-20(14-18)23(27,28)29)16-7-9-17(10-8-16)22(24,25)26/h7-10,13-14,21,33H,3-6,11-12,15H2,1-2H3,(H,30,31). The lowest BCUT2D eigenvalue weighted by Gasteiger charge is -2.26. The molecule has 0 radical (unpaired) electrons. The van der Waals surface area contributed by atoms with E-state index in [0.717, 1.165) is 69.1 Å². The number of alkyl halides is 6. The van der Waals surface area contributed by atoms with Crippen molar-refractivity contribution in [3.8, 4) is 11.3 Å². The topological polar surface area (TPSA) is 48.4 Å². The molecule has 0 fully saturated rings. The smallest absolute Gasteiger partial charge is 0.372 e. The fourth-order valence-electron chi connectivity index (χ4n) is 3.28. The number of rotatable bonds is 11. The van der Waals surface area contributed by atoms with Crippen LogP contribution in [0.3, 0.4) is 0 Å². The zero-order valence-corrected chi connectivity index (χ0v) is 18.6. The van der Waals surface area contributed by atoms with Gasteiger partial charge in [-0.1, -0.05) is 38.8 Å². The van der Waals surface area contributed by atoms with E-state index in [2.05, 4.69) is 10.3 Å². The minimum absolute atomic E-state index is 0.0225. The molecule has 1 atom stereocenters. The maximum Gasteiger partial charge on any atom is 0.433 e. The third-order valence-electron chi connectivity index (χ3n) is 5.04. The fourth-order valence-corrected chi connectivity index (χ4v) is 3.28. The third-order valence-corrected chi connectivity index (χ3v) is 5.04. The van der Waals surface area contributed by atoms with Crippen molar-refractivity contribution in [1.82, 2.24) is 9.88 Å². The summed E-state index contributed by atoms with van der Waals surface area (Å²) in [5, 5.41) is 13.2. The van der Waals surface area contributed by atoms with E-state index in [1.54, 1.807) is 0 Å². The first-order valence-electron chi connectivity index (χ1n) is 10.9. The minimum Gasteiger partial charge on any atom is -0.372 e. The average molecular weight is 477 g/mol. The van der Waals surface area contributed by atoms with Crippen molar-refractivity contribution in [2.75, 3.05) is 25.0 Å². The van der Waals surface area contributed by atoms with E-state index in [-0.39, 0.29) is 23.5 Å². The van der Waals surface area contributed by atoms with Gasteiger partial charge in [0.25, 0.3) is 0 Å². The average Bonchev–Trinajstić information content (AvgIpc) is 2.74. The number of aliphatic hydroxyl groups excluding tert-OH is 1. The van der Waals surface area contributed by atoms with Gasteiger partial charge in [-0.3, -0.25) is 4.90 Å². The Bertz CT molecular complexity index is 860. The summed E-state index contributed by atoms with van der Waals surface area (Å²) in [7, 11) is 0. The first-order valence-corrected chi connectivity index (χ1v) is 10.9. The molecule has 1 aromatic heterocycles. The van der Waals surface area contributed by atoms with Crippen LogP contribution in [0.2, 0.25) is 0 Å². The number of hydrogen-bond donors (Lipinski definition) is 2. The van der Waals surface area contributed by atoms with Gasteiger partial charge in [-0.2, -0.15) is 26.3 Å². The van der Waals surface area contributed by atoms with E-state index in [0.29, 0.717) is 0 Å². The van der Waals surface area contributed by atoms with Crippen LogP contribution in [0.25, 0.3) is 11.3 Å². The highest BCUT2D eigenvalue weighted by Crippen LogP contribution is 2.34. The molecule has 10 heteroatoms. The first kappa shape index (κ1) is 26.9. The molecule has 0 spiro atoms. The number of unbranched alkanes of at least 4 members (excludes halogenated alkanes) is 2. The summed E-state index contributed by atoms with van der Waals surface area (Å²) in [6.07, 6.45) is -6.65. The van der Waals surface area contributed by atoms with Crippen LogP contribution in [-0.4, -0.2) is 40.9 Å². The van der Waals surface area contributed by atoms with Crippen LogP contribution in [0.4, 0.5) is 32.0 Å². The van der Waals surface area contributed by atoms with Gasteiger partial charge in [-0.25, -0.2) is 4.98 Å². The van der Waals surface area contributed by atoms with Gasteiger partial charge in [-0.15, -0.1) is 0 Å². The highest BCUT2D eigenvalue weighted by molar-refractivity contribution is 5.65. The summed E-state index contributed by atoms with van der Waals surface area (Å²) < 4.78 is 78.6. The monoisotopic (exact) mass is 477 g/mol. The van der Waals surface area contributed by atoms with Gasteiger partial charge in [0.1, 0.15) is 11.9 Å². The molecule has 0 saturated carbocycles. The molecule has 1 unspecified atom stereocenters. The Hall–Kier alpha value is -2.33. The zero-order valence-electron chi connectivity index (χ0n) is 18.6. The number of pyridine rings is 1. The van der Waals surface area contributed by atoms with Crippen LogP contribution in [0.15, 0.2) is 36.4 Å². The van der Waals surface area contributed by atoms with Crippen molar-refractivity contribution in [2.45, 2.75) is 58.1 Å². The lowest BCUT2D eigenvalue weighted by Crippen LogP contribution is -2.38. The minimum atomic E-state index is -4.77. The second-order valence-electron chi connectivity index (χ2n) is 7.87. The van der Waals surface area contributed by atoms with Crippen LogP contribution < -0.4 is 5.32 Å². The molecule has 4 nitrogen and oxygen atoms in total. The van der Waals surface area contributed by atoms with Gasteiger partial charge in [-0.05, 0) is 50.2 Å². The molecular formula is C23H29F6N3O. The molecule has 0 amide bonds. The molecule has 0 aliphatic carbocycles. The summed E-state index contributed by atoms with van der Waals surface area (Å²) in [5.74, 6) is 0. The maximum absolute atomic E-state index is 13.4. The van der Waals surface area contributed by atoms with Gasteiger partial charge >= 0.3 is 12.4 Å². The Balaban J connectivity index is 2.27. The molecule has 2 N–H and O–H groups in total. The predicted molar refractivity (Wildman–Crippen MR) is 116 cm³/mol. The van der Waals surface area contributed by atoms with Crippen LogP contribution in [0, 0.1) is 0 Å². The van der Waals surface area contributed by atoms with Crippen molar-refractivity contribution in [2.24, 2.45) is 0 Å². The summed E-state index contributed by atoms with van der Waals surface area (Å²) >= 11 is 0. The van der Waals surface area contributed by atoms with Crippen molar-refractivity contribution < 1.29 is 31.4 Å². The van der Waals surface area contributed by atoms with Gasteiger partial charge in [0, 0.05) is 17.8 Å². The SMILES string of the molecule is CCCCN(CCCC)CC(O)Nc1cc(-c2ccc(C(F)(F)F)cc2)nc(C(F)(F)F)c1. The fraction of sp³-hybridized carbons (Fsp3) is 0.522. The molecular weight excluding hydrogens is 448 g/mol. The number of benzene rings is 1. The van der Waals surface area contributed by atoms with E-state index >= 15 is 0 Å². The molecule has 0 aliphatic heterocycles. The van der Waals surface area contributed by atoms with Crippen LogP contribution >= 0.6 is 0 Å². The molecule has 0 aliphatic rings. The highest BCUT2D eigenvalue weighted by Gasteiger charge is 2.34. The first-order chi connectivity index (χ1) is 15.4. The molecule has 2 rings (SSSR count). The van der Waals surface area contributed by atoms with E-state index in [9.17, 15) is 31.4 Å². The van der Waals surface area contributed by atoms with Gasteiger partial charge in [0.2, 0.25) is 0 Å². The van der Waals surface area contributed by atoms with Crippen LogP contribution in [-0.2, 0) is 12.4 Å². The van der Waals surface area contributed by atoms with Crippen LogP contribution in [0.5, 0.6) is 0 Å². The summed E-state index contributed by atoms with van der Waals surface area (Å²) in [6, 6.07) is 5.78. The number of nitrogens with one attached hydrogen (secondary N) is 1. The molecule has 2 aromatic rings. The molecule has 184 valence electrons. The van der Waals surface area contributed by atoms with Crippen molar-refractivity contribution in [3.05, 3.63) is 47.7 Å². The summed E-state index contributed by atoms with van der Waals surface area (Å²) in [4.78, 5) is 5.63. The number of anilines is 1. The highest BCUT2D eigenvalue weighted by atomic mass is 19.4. The number of hydrogen-bond acceptors (Lipinski definition) is 4. The number of nitrogens with zero attached hydrogens (tertiary/aromatic N) is 2. The second-order valence-corrected chi connectivity index (χ2v) is 7.87. The Kier molecular flexibility index (Phi) is 9.54. The van der Waals surface area contributed by atoms with E-state index in [4.69, 9.17) is 0 Å². The number of aliphatic hydroxyl groups is 1. The Labute approximate surface area is 189 Å². The van der Waals surface area contributed by atoms with Crippen molar-refractivity contribution >= 4 is 5.69 Å². The molecule has 33 heavy (non-hydrogen) atoms. The molecule has 1 heterocycles. The van der Waals surface area contributed by atoms with E-state index < -0.39 is 29.8 Å². The van der Waals surface area contributed by atoms with E-state index in [1.807, 2.05) is 18.7 Å². The lowest BCUT2D eigenvalue weighted by molar-refractivity contribution is -0.141. The molecule has 1 aromatic carbocycles.